The van der Waals surface area contributed by atoms with Crippen molar-refractivity contribution in [3.05, 3.63) is 53.9 Å². The summed E-state index contributed by atoms with van der Waals surface area (Å²) in [6.45, 7) is 4.89. The molecule has 0 aliphatic carbocycles. The van der Waals surface area contributed by atoms with E-state index in [0.717, 1.165) is 18.5 Å². The van der Waals surface area contributed by atoms with Gasteiger partial charge in [0.2, 0.25) is 0 Å². The molecule has 1 amide bonds. The van der Waals surface area contributed by atoms with Gasteiger partial charge in [0.1, 0.15) is 5.69 Å². The topological polar surface area (TPSA) is 46.9 Å². The number of hydrogen-bond donors (Lipinski definition) is 1. The van der Waals surface area contributed by atoms with Gasteiger partial charge < -0.3 is 5.32 Å². The lowest BCUT2D eigenvalue weighted by Gasteiger charge is -2.13. The molecule has 100 valence electrons. The maximum atomic E-state index is 12.1. The second kappa shape index (κ2) is 6.18. The van der Waals surface area contributed by atoms with E-state index >= 15 is 0 Å². The van der Waals surface area contributed by atoms with Gasteiger partial charge in [0, 0.05) is 12.7 Å². The van der Waals surface area contributed by atoms with Gasteiger partial charge in [-0.3, -0.25) is 9.48 Å². The summed E-state index contributed by atoms with van der Waals surface area (Å²) in [6.07, 6.45) is 2.84. The molecule has 19 heavy (non-hydrogen) atoms. The number of aromatic nitrogens is 2. The second-order valence-corrected chi connectivity index (χ2v) is 4.57. The molecule has 0 bridgehead atoms. The molecule has 0 fully saturated rings. The number of benzene rings is 1. The van der Waals surface area contributed by atoms with E-state index in [9.17, 15) is 4.79 Å². The fraction of sp³-hybridized carbons (Fsp3) is 0.333. The van der Waals surface area contributed by atoms with Crippen LogP contribution in [0.1, 0.15) is 42.4 Å². The van der Waals surface area contributed by atoms with E-state index < -0.39 is 0 Å². The third-order valence-electron chi connectivity index (χ3n) is 2.97. The Kier molecular flexibility index (Phi) is 4.34. The third kappa shape index (κ3) is 3.44. The summed E-state index contributed by atoms with van der Waals surface area (Å²) >= 11 is 0. The van der Waals surface area contributed by atoms with E-state index in [1.54, 1.807) is 10.7 Å². The normalized spacial score (nSPS) is 12.1. The summed E-state index contributed by atoms with van der Waals surface area (Å²) in [5, 5.41) is 7.20. The molecule has 2 rings (SSSR count). The smallest absolute Gasteiger partial charge is 0.272 e. The van der Waals surface area contributed by atoms with Gasteiger partial charge in [0.15, 0.2) is 0 Å². The summed E-state index contributed by atoms with van der Waals surface area (Å²) in [5.74, 6) is -0.133. The Hall–Kier alpha value is -2.10. The van der Waals surface area contributed by atoms with Crippen molar-refractivity contribution in [1.29, 1.82) is 0 Å². The Morgan fingerprint density at radius 1 is 1.32 bits per heavy atom. The van der Waals surface area contributed by atoms with Crippen LogP contribution in [0.3, 0.4) is 0 Å². The standard InChI is InChI=1S/C15H19N3O/c1-3-10-18-11-9-14(17-18)15(19)16-12(2)13-7-5-4-6-8-13/h4-9,11-12H,3,10H2,1-2H3,(H,16,19)/t12-/m1/s1. The second-order valence-electron chi connectivity index (χ2n) is 4.57. The lowest BCUT2D eigenvalue weighted by molar-refractivity contribution is 0.0934. The predicted octanol–water partition coefficient (Wildman–Crippen LogP) is 2.78. The molecule has 1 N–H and O–H groups in total. The number of amides is 1. The molecule has 1 aromatic heterocycles. The van der Waals surface area contributed by atoms with Gasteiger partial charge in [-0.25, -0.2) is 0 Å². The van der Waals surface area contributed by atoms with Gasteiger partial charge in [-0.15, -0.1) is 0 Å². The number of rotatable bonds is 5. The molecule has 0 aliphatic rings. The zero-order valence-electron chi connectivity index (χ0n) is 11.3. The summed E-state index contributed by atoms with van der Waals surface area (Å²) in [6, 6.07) is 11.6. The summed E-state index contributed by atoms with van der Waals surface area (Å²) in [4.78, 5) is 12.1. The number of carbonyl (C=O) groups excluding carboxylic acids is 1. The molecule has 4 nitrogen and oxygen atoms in total. The van der Waals surface area contributed by atoms with Crippen molar-refractivity contribution >= 4 is 5.91 Å². The number of aryl methyl sites for hydroxylation is 1. The van der Waals surface area contributed by atoms with Crippen LogP contribution >= 0.6 is 0 Å². The minimum atomic E-state index is -0.133. The van der Waals surface area contributed by atoms with Gasteiger partial charge in [-0.2, -0.15) is 5.10 Å². The molecule has 1 aromatic carbocycles. The molecule has 0 radical (unpaired) electrons. The van der Waals surface area contributed by atoms with Crippen LogP contribution in [0.15, 0.2) is 42.6 Å². The van der Waals surface area contributed by atoms with Gasteiger partial charge in [0.05, 0.1) is 6.04 Å². The van der Waals surface area contributed by atoms with Crippen LogP contribution in [-0.4, -0.2) is 15.7 Å². The first kappa shape index (κ1) is 13.3. The van der Waals surface area contributed by atoms with Gasteiger partial charge >= 0.3 is 0 Å². The third-order valence-corrected chi connectivity index (χ3v) is 2.97. The number of carbonyl (C=O) groups is 1. The van der Waals surface area contributed by atoms with Crippen LogP contribution < -0.4 is 5.32 Å². The van der Waals surface area contributed by atoms with Gasteiger partial charge in [-0.1, -0.05) is 37.3 Å². The van der Waals surface area contributed by atoms with Crippen molar-refractivity contribution in [1.82, 2.24) is 15.1 Å². The van der Waals surface area contributed by atoms with Crippen LogP contribution in [0, 0.1) is 0 Å². The molecule has 0 spiro atoms. The Morgan fingerprint density at radius 2 is 2.05 bits per heavy atom. The molecule has 2 aromatic rings. The zero-order valence-corrected chi connectivity index (χ0v) is 11.3. The van der Waals surface area contributed by atoms with Gasteiger partial charge in [-0.05, 0) is 25.0 Å². The van der Waals surface area contributed by atoms with Crippen molar-refractivity contribution in [2.24, 2.45) is 0 Å². The monoisotopic (exact) mass is 257 g/mol. The first-order valence-electron chi connectivity index (χ1n) is 6.60. The van der Waals surface area contributed by atoms with Crippen molar-refractivity contribution in [2.45, 2.75) is 32.9 Å². The summed E-state index contributed by atoms with van der Waals surface area (Å²) < 4.78 is 1.79. The van der Waals surface area contributed by atoms with Crippen LogP contribution in [0.4, 0.5) is 0 Å². The minimum Gasteiger partial charge on any atom is -0.344 e. The van der Waals surface area contributed by atoms with E-state index in [1.165, 1.54) is 0 Å². The van der Waals surface area contributed by atoms with E-state index in [1.807, 2.05) is 43.5 Å². The van der Waals surface area contributed by atoms with Crippen LogP contribution in [0.2, 0.25) is 0 Å². The summed E-state index contributed by atoms with van der Waals surface area (Å²) in [7, 11) is 0. The molecule has 4 heteroatoms. The van der Waals surface area contributed by atoms with Crippen LogP contribution in [0.25, 0.3) is 0 Å². The quantitative estimate of drug-likeness (QED) is 0.895. The van der Waals surface area contributed by atoms with E-state index in [2.05, 4.69) is 17.3 Å². The van der Waals surface area contributed by atoms with Crippen LogP contribution in [-0.2, 0) is 6.54 Å². The zero-order chi connectivity index (χ0) is 13.7. The predicted molar refractivity (Wildman–Crippen MR) is 74.8 cm³/mol. The average molecular weight is 257 g/mol. The highest BCUT2D eigenvalue weighted by atomic mass is 16.2. The summed E-state index contributed by atoms with van der Waals surface area (Å²) in [5.41, 5.74) is 1.56. The maximum absolute atomic E-state index is 12.1. The molecule has 0 saturated carbocycles. The Balaban J connectivity index is 2.00. The minimum absolute atomic E-state index is 0.0231. The van der Waals surface area contributed by atoms with Crippen molar-refractivity contribution < 1.29 is 4.79 Å². The molecular weight excluding hydrogens is 238 g/mol. The van der Waals surface area contributed by atoms with E-state index in [0.29, 0.717) is 5.69 Å². The molecule has 0 saturated heterocycles. The Bertz CT molecular complexity index is 533. The Morgan fingerprint density at radius 3 is 2.74 bits per heavy atom. The molecule has 1 heterocycles. The van der Waals surface area contributed by atoms with Crippen LogP contribution in [0.5, 0.6) is 0 Å². The highest BCUT2D eigenvalue weighted by Gasteiger charge is 2.13. The largest absolute Gasteiger partial charge is 0.344 e. The Labute approximate surface area is 113 Å². The highest BCUT2D eigenvalue weighted by molar-refractivity contribution is 5.92. The maximum Gasteiger partial charge on any atom is 0.272 e. The first-order valence-corrected chi connectivity index (χ1v) is 6.60. The van der Waals surface area contributed by atoms with Crippen molar-refractivity contribution in [3.8, 4) is 0 Å². The van der Waals surface area contributed by atoms with E-state index in [4.69, 9.17) is 0 Å². The number of hydrogen-bond acceptors (Lipinski definition) is 2. The number of nitrogens with zero attached hydrogens (tertiary/aromatic N) is 2. The fourth-order valence-corrected chi connectivity index (χ4v) is 1.93. The lowest BCUT2D eigenvalue weighted by Crippen LogP contribution is -2.27. The fourth-order valence-electron chi connectivity index (χ4n) is 1.93. The van der Waals surface area contributed by atoms with Gasteiger partial charge in [0.25, 0.3) is 5.91 Å². The lowest BCUT2D eigenvalue weighted by atomic mass is 10.1. The molecule has 0 aliphatic heterocycles. The first-order chi connectivity index (χ1) is 9.20. The molecule has 1 atom stereocenters. The SMILES string of the molecule is CCCn1ccc(C(=O)N[C@H](C)c2ccccc2)n1. The van der Waals surface area contributed by atoms with Crippen molar-refractivity contribution in [3.63, 3.8) is 0 Å². The molecular formula is C15H19N3O. The molecule has 0 unspecified atom stereocenters. The average Bonchev–Trinajstić information content (AvgIpc) is 2.89. The van der Waals surface area contributed by atoms with E-state index in [-0.39, 0.29) is 11.9 Å². The number of nitrogens with one attached hydrogen (secondary N) is 1. The van der Waals surface area contributed by atoms with Crippen molar-refractivity contribution in [2.75, 3.05) is 0 Å². The highest BCUT2D eigenvalue weighted by Crippen LogP contribution is 2.11.